The molecule has 0 aliphatic rings. The molecule has 0 spiro atoms. The number of carbonyl (C=O) groups is 2. The van der Waals surface area contributed by atoms with Crippen molar-refractivity contribution in [2.45, 2.75) is 45.7 Å². The van der Waals surface area contributed by atoms with Crippen LogP contribution in [0.3, 0.4) is 0 Å². The maximum atomic E-state index is 11.4. The predicted molar refractivity (Wildman–Crippen MR) is 70.6 cm³/mol. The molecule has 0 radical (unpaired) electrons. The number of amides is 2. The van der Waals surface area contributed by atoms with Gasteiger partial charge in [-0.1, -0.05) is 6.92 Å². The first kappa shape index (κ1) is 16.7. The summed E-state index contributed by atoms with van der Waals surface area (Å²) in [6, 6.07) is -0.755. The van der Waals surface area contributed by atoms with E-state index < -0.39 is 18.0 Å². The van der Waals surface area contributed by atoms with Crippen LogP contribution in [0, 0.1) is 0 Å². The van der Waals surface area contributed by atoms with E-state index in [0.29, 0.717) is 19.0 Å². The number of urea groups is 1. The van der Waals surface area contributed by atoms with E-state index in [9.17, 15) is 9.59 Å². The number of hydrogen-bond acceptors (Lipinski definition) is 3. The lowest BCUT2D eigenvalue weighted by Crippen LogP contribution is -2.46. The summed E-state index contributed by atoms with van der Waals surface area (Å²) in [7, 11) is 2.03. The van der Waals surface area contributed by atoms with E-state index >= 15 is 0 Å². The van der Waals surface area contributed by atoms with E-state index in [2.05, 4.69) is 29.4 Å². The second-order valence-electron chi connectivity index (χ2n) is 4.63. The maximum Gasteiger partial charge on any atom is 0.326 e. The molecular weight excluding hydrogens is 234 g/mol. The zero-order chi connectivity index (χ0) is 14.1. The molecule has 3 N–H and O–H groups in total. The minimum absolute atomic E-state index is 0.374. The second-order valence-corrected chi connectivity index (χ2v) is 4.63. The molecule has 0 aromatic heterocycles. The van der Waals surface area contributed by atoms with Crippen LogP contribution in [0.2, 0.25) is 0 Å². The number of carboxylic acid groups (broad SMARTS) is 1. The molecule has 0 rings (SSSR count). The first-order chi connectivity index (χ1) is 8.38. The van der Waals surface area contributed by atoms with Crippen molar-refractivity contribution < 1.29 is 14.7 Å². The molecule has 2 amide bonds. The number of nitrogens with zero attached hydrogens (tertiary/aromatic N) is 1. The third-order valence-electron chi connectivity index (χ3n) is 2.87. The number of nitrogens with one attached hydrogen (secondary N) is 2. The van der Waals surface area contributed by atoms with Crippen LogP contribution in [0.5, 0.6) is 0 Å². The van der Waals surface area contributed by atoms with Crippen molar-refractivity contribution in [2.24, 2.45) is 0 Å². The van der Waals surface area contributed by atoms with Crippen LogP contribution in [0.25, 0.3) is 0 Å². The summed E-state index contributed by atoms with van der Waals surface area (Å²) in [5.74, 6) is -1.01. The Morgan fingerprint density at radius 2 is 1.94 bits per heavy atom. The summed E-state index contributed by atoms with van der Waals surface area (Å²) in [5, 5.41) is 13.8. The Morgan fingerprint density at radius 3 is 2.39 bits per heavy atom. The molecule has 1 unspecified atom stereocenters. The average molecular weight is 259 g/mol. The quantitative estimate of drug-likeness (QED) is 0.565. The lowest BCUT2D eigenvalue weighted by molar-refractivity contribution is -0.139. The molecule has 1 atom stereocenters. The smallest absolute Gasteiger partial charge is 0.326 e. The Balaban J connectivity index is 3.74. The molecule has 0 aromatic carbocycles. The monoisotopic (exact) mass is 259 g/mol. The van der Waals surface area contributed by atoms with E-state index in [-0.39, 0.29) is 0 Å². The first-order valence-electron chi connectivity index (χ1n) is 6.35. The number of rotatable bonds is 8. The van der Waals surface area contributed by atoms with Gasteiger partial charge >= 0.3 is 12.0 Å². The third-order valence-corrected chi connectivity index (χ3v) is 2.87. The van der Waals surface area contributed by atoms with Crippen molar-refractivity contribution in [1.82, 2.24) is 15.5 Å². The largest absolute Gasteiger partial charge is 0.480 e. The Labute approximate surface area is 109 Å². The molecule has 6 heteroatoms. The summed E-state index contributed by atoms with van der Waals surface area (Å²) < 4.78 is 0. The van der Waals surface area contributed by atoms with Crippen molar-refractivity contribution in [2.75, 3.05) is 20.1 Å². The van der Waals surface area contributed by atoms with Crippen LogP contribution in [0.15, 0.2) is 0 Å². The summed E-state index contributed by atoms with van der Waals surface area (Å²) >= 11 is 0. The molecule has 106 valence electrons. The van der Waals surface area contributed by atoms with Gasteiger partial charge in [0, 0.05) is 12.6 Å². The molecule has 0 aliphatic carbocycles. The van der Waals surface area contributed by atoms with Gasteiger partial charge in [0.2, 0.25) is 0 Å². The molecule has 6 nitrogen and oxygen atoms in total. The zero-order valence-corrected chi connectivity index (χ0v) is 11.7. The highest BCUT2D eigenvalue weighted by Crippen LogP contribution is 1.94. The second kappa shape index (κ2) is 8.74. The van der Waals surface area contributed by atoms with Gasteiger partial charge in [0.1, 0.15) is 6.04 Å². The van der Waals surface area contributed by atoms with Gasteiger partial charge in [0.25, 0.3) is 0 Å². The summed E-state index contributed by atoms with van der Waals surface area (Å²) in [6.07, 6.45) is 1.21. The lowest BCUT2D eigenvalue weighted by atomic mass is 10.2. The molecule has 18 heavy (non-hydrogen) atoms. The van der Waals surface area contributed by atoms with Gasteiger partial charge in [0.05, 0.1) is 0 Å². The fraction of sp³-hybridized carbons (Fsp3) is 0.833. The normalized spacial score (nSPS) is 12.6. The van der Waals surface area contributed by atoms with E-state index in [0.717, 1.165) is 13.0 Å². The van der Waals surface area contributed by atoms with Gasteiger partial charge in [-0.05, 0) is 40.3 Å². The summed E-state index contributed by atoms with van der Waals surface area (Å²) in [6.45, 7) is 7.38. The Bertz CT molecular complexity index is 269. The molecule has 0 aromatic rings. The van der Waals surface area contributed by atoms with Crippen molar-refractivity contribution in [3.05, 3.63) is 0 Å². The van der Waals surface area contributed by atoms with Crippen molar-refractivity contribution in [3.63, 3.8) is 0 Å². The molecular formula is C12H25N3O3. The third kappa shape index (κ3) is 7.11. The van der Waals surface area contributed by atoms with E-state index in [1.165, 1.54) is 0 Å². The number of carbonyl (C=O) groups excluding carboxylic acids is 1. The molecule has 0 heterocycles. The number of hydrogen-bond donors (Lipinski definition) is 3. The summed E-state index contributed by atoms with van der Waals surface area (Å²) in [5.41, 5.74) is 0. The zero-order valence-electron chi connectivity index (χ0n) is 11.7. The summed E-state index contributed by atoms with van der Waals surface area (Å²) in [4.78, 5) is 24.3. The highest BCUT2D eigenvalue weighted by Gasteiger charge is 2.16. The fourth-order valence-corrected chi connectivity index (χ4v) is 1.34. The Hall–Kier alpha value is -1.30. The molecule has 0 aliphatic heterocycles. The van der Waals surface area contributed by atoms with Gasteiger partial charge in [-0.15, -0.1) is 0 Å². The minimum atomic E-state index is -1.01. The highest BCUT2D eigenvalue weighted by molar-refractivity contribution is 5.82. The van der Waals surface area contributed by atoms with Crippen LogP contribution < -0.4 is 10.6 Å². The number of carboxylic acids is 1. The van der Waals surface area contributed by atoms with Crippen LogP contribution in [0.4, 0.5) is 4.79 Å². The van der Waals surface area contributed by atoms with Crippen molar-refractivity contribution in [1.29, 1.82) is 0 Å². The Morgan fingerprint density at radius 1 is 1.33 bits per heavy atom. The topological polar surface area (TPSA) is 81.7 Å². The van der Waals surface area contributed by atoms with Crippen molar-refractivity contribution in [3.8, 4) is 0 Å². The standard InChI is InChI=1S/C12H25N3O3/c1-5-10(11(16)17)14-12(18)13-7-6-8-15(4)9(2)3/h9-10H,5-8H2,1-4H3,(H,16,17)(H2,13,14,18). The molecule has 0 saturated carbocycles. The van der Waals surface area contributed by atoms with Crippen LogP contribution in [0.1, 0.15) is 33.6 Å². The Kier molecular flexibility index (Phi) is 8.11. The van der Waals surface area contributed by atoms with E-state index in [1.807, 2.05) is 7.05 Å². The molecule has 0 saturated heterocycles. The van der Waals surface area contributed by atoms with Crippen molar-refractivity contribution >= 4 is 12.0 Å². The molecule has 0 fully saturated rings. The van der Waals surface area contributed by atoms with Gasteiger partial charge in [-0.3, -0.25) is 0 Å². The fourth-order valence-electron chi connectivity index (χ4n) is 1.34. The lowest BCUT2D eigenvalue weighted by Gasteiger charge is -2.20. The minimum Gasteiger partial charge on any atom is -0.480 e. The molecule has 0 bridgehead atoms. The predicted octanol–water partition coefficient (Wildman–Crippen LogP) is 0.879. The van der Waals surface area contributed by atoms with Gasteiger partial charge in [0.15, 0.2) is 0 Å². The van der Waals surface area contributed by atoms with Crippen LogP contribution in [-0.4, -0.2) is 54.2 Å². The van der Waals surface area contributed by atoms with Gasteiger partial charge < -0.3 is 20.6 Å². The first-order valence-corrected chi connectivity index (χ1v) is 6.35. The number of aliphatic carboxylic acids is 1. The van der Waals surface area contributed by atoms with E-state index in [1.54, 1.807) is 6.92 Å². The van der Waals surface area contributed by atoms with Gasteiger partial charge in [-0.25, -0.2) is 9.59 Å². The average Bonchev–Trinajstić information content (AvgIpc) is 2.30. The SMILES string of the molecule is CCC(NC(=O)NCCCN(C)C(C)C)C(=O)O. The van der Waals surface area contributed by atoms with Crippen LogP contribution in [-0.2, 0) is 4.79 Å². The van der Waals surface area contributed by atoms with Gasteiger partial charge in [-0.2, -0.15) is 0 Å². The highest BCUT2D eigenvalue weighted by atomic mass is 16.4. The van der Waals surface area contributed by atoms with E-state index in [4.69, 9.17) is 5.11 Å². The van der Waals surface area contributed by atoms with Crippen LogP contribution >= 0.6 is 0 Å². The maximum absolute atomic E-state index is 11.4.